The Morgan fingerprint density at radius 2 is 2.12 bits per heavy atom. The Morgan fingerprint density at radius 3 is 2.12 bits per heavy atom. The van der Waals surface area contributed by atoms with Crippen molar-refractivity contribution in [1.82, 2.24) is 0 Å². The molecule has 0 radical (unpaired) electrons. The van der Waals surface area contributed by atoms with Crippen LogP contribution in [-0.4, -0.2) is 12.0 Å². The van der Waals surface area contributed by atoms with Crippen LogP contribution in [0.4, 0.5) is 0 Å². The van der Waals surface area contributed by atoms with E-state index in [9.17, 15) is 4.79 Å². The molecule has 0 aromatic carbocycles. The van der Waals surface area contributed by atoms with E-state index in [1.54, 1.807) is 0 Å². The summed E-state index contributed by atoms with van der Waals surface area (Å²) >= 11 is 0. The first-order valence-electron chi connectivity index (χ1n) is 1.84. The molecule has 0 aliphatic carbocycles. The molecule has 0 heterocycles. The largest absolute Gasteiger partial charge is 0.372 e. The molecule has 0 aromatic rings. The van der Waals surface area contributed by atoms with E-state index in [1.807, 2.05) is 0 Å². The van der Waals surface area contributed by atoms with Crippen LogP contribution in [0.15, 0.2) is 0 Å². The molecule has 0 saturated carbocycles. The SMILES string of the molecule is C[C@H](N)C(=O)ON.[Zn]. The van der Waals surface area contributed by atoms with E-state index in [0.29, 0.717) is 0 Å². The average molecular weight is 169 g/mol. The van der Waals surface area contributed by atoms with Crippen LogP contribution in [0.2, 0.25) is 0 Å². The Morgan fingerprint density at radius 1 is 1.75 bits per heavy atom. The molecule has 1 atom stereocenters. The fourth-order valence-electron chi connectivity index (χ4n) is 0.107. The summed E-state index contributed by atoms with van der Waals surface area (Å²) in [6.45, 7) is 1.50. The molecule has 4 N–H and O–H groups in total. The summed E-state index contributed by atoms with van der Waals surface area (Å²) < 4.78 is 0. The van der Waals surface area contributed by atoms with E-state index in [0.717, 1.165) is 0 Å². The first-order valence-corrected chi connectivity index (χ1v) is 1.84. The van der Waals surface area contributed by atoms with Gasteiger partial charge in [0, 0.05) is 19.5 Å². The summed E-state index contributed by atoms with van der Waals surface area (Å²) in [5.41, 5.74) is 4.99. The van der Waals surface area contributed by atoms with Crippen molar-refractivity contribution >= 4 is 5.97 Å². The van der Waals surface area contributed by atoms with Crippen LogP contribution in [-0.2, 0) is 29.1 Å². The molecule has 8 heavy (non-hydrogen) atoms. The van der Waals surface area contributed by atoms with E-state index in [-0.39, 0.29) is 19.5 Å². The smallest absolute Gasteiger partial charge is 0.341 e. The Labute approximate surface area is 60.3 Å². The van der Waals surface area contributed by atoms with Gasteiger partial charge < -0.3 is 10.6 Å². The minimum absolute atomic E-state index is 0. The van der Waals surface area contributed by atoms with E-state index >= 15 is 0 Å². The van der Waals surface area contributed by atoms with Gasteiger partial charge in [0.2, 0.25) is 0 Å². The molecule has 0 amide bonds. The summed E-state index contributed by atoms with van der Waals surface area (Å²) in [6.07, 6.45) is 0. The van der Waals surface area contributed by atoms with Crippen LogP contribution >= 0.6 is 0 Å². The molecule has 0 rings (SSSR count). The van der Waals surface area contributed by atoms with Gasteiger partial charge >= 0.3 is 5.97 Å². The predicted octanol–water partition coefficient (Wildman–Crippen LogP) is -1.25. The minimum Gasteiger partial charge on any atom is -0.372 e. The standard InChI is InChI=1S/C3H8N2O2.Zn/c1-2(4)3(6)7-5;/h2H,4-5H2,1H3;/t2-;/m0./s1. The first-order chi connectivity index (χ1) is 3.18. The zero-order chi connectivity index (χ0) is 5.86. The normalized spacial score (nSPS) is 11.4. The van der Waals surface area contributed by atoms with E-state index in [4.69, 9.17) is 5.73 Å². The third-order valence-electron chi connectivity index (χ3n) is 0.488. The van der Waals surface area contributed by atoms with Gasteiger partial charge in [-0.2, -0.15) is 5.90 Å². The van der Waals surface area contributed by atoms with Crippen molar-refractivity contribution in [2.75, 3.05) is 0 Å². The first kappa shape index (κ1) is 10.9. The summed E-state index contributed by atoms with van der Waals surface area (Å²) in [5.74, 6) is 3.85. The predicted molar refractivity (Wildman–Crippen MR) is 23.9 cm³/mol. The van der Waals surface area contributed by atoms with Crippen LogP contribution in [0.3, 0.4) is 0 Å². The molecule has 4 nitrogen and oxygen atoms in total. The summed E-state index contributed by atoms with van der Waals surface area (Å²) in [6, 6.07) is -0.620. The maximum atomic E-state index is 10.0. The number of carbonyl (C=O) groups is 1. The number of hydrogen-bond donors (Lipinski definition) is 2. The van der Waals surface area contributed by atoms with Crippen LogP contribution in [0.25, 0.3) is 0 Å². The summed E-state index contributed by atoms with van der Waals surface area (Å²) in [4.78, 5) is 13.8. The molecule has 0 saturated heterocycles. The van der Waals surface area contributed by atoms with Crippen LogP contribution in [0.5, 0.6) is 0 Å². The van der Waals surface area contributed by atoms with Crippen molar-refractivity contribution in [3.05, 3.63) is 0 Å². The van der Waals surface area contributed by atoms with Gasteiger partial charge in [0.1, 0.15) is 6.04 Å². The molecular weight excluding hydrogens is 161 g/mol. The van der Waals surface area contributed by atoms with E-state index in [1.165, 1.54) is 6.92 Å². The monoisotopic (exact) mass is 168 g/mol. The van der Waals surface area contributed by atoms with Gasteiger partial charge in [0.05, 0.1) is 0 Å². The molecule has 5 heteroatoms. The molecule has 44 valence electrons. The molecule has 0 bridgehead atoms. The maximum Gasteiger partial charge on any atom is 0.341 e. The molecule has 0 aromatic heterocycles. The van der Waals surface area contributed by atoms with Crippen molar-refractivity contribution < 1.29 is 29.1 Å². The second-order valence-corrected chi connectivity index (χ2v) is 1.23. The third kappa shape index (κ3) is 4.18. The van der Waals surface area contributed by atoms with Gasteiger partial charge in [-0.1, -0.05) is 0 Å². The Kier molecular flexibility index (Phi) is 7.03. The minimum atomic E-state index is -0.620. The van der Waals surface area contributed by atoms with Gasteiger partial charge in [-0.3, -0.25) is 0 Å². The zero-order valence-corrected chi connectivity index (χ0v) is 7.72. The van der Waals surface area contributed by atoms with Gasteiger partial charge in [-0.05, 0) is 6.92 Å². The van der Waals surface area contributed by atoms with Gasteiger partial charge in [-0.15, -0.1) is 0 Å². The zero-order valence-electron chi connectivity index (χ0n) is 4.76. The maximum absolute atomic E-state index is 10.0. The van der Waals surface area contributed by atoms with E-state index in [2.05, 4.69) is 10.7 Å². The van der Waals surface area contributed by atoms with Crippen molar-refractivity contribution in [3.63, 3.8) is 0 Å². The van der Waals surface area contributed by atoms with Crippen molar-refractivity contribution in [2.24, 2.45) is 11.6 Å². The molecule has 0 unspecified atom stereocenters. The molecule has 0 aliphatic heterocycles. The van der Waals surface area contributed by atoms with Crippen molar-refractivity contribution in [3.8, 4) is 0 Å². The molecular formula is C3H8N2O2Zn. The summed E-state index contributed by atoms with van der Waals surface area (Å²) in [5, 5.41) is 0. The van der Waals surface area contributed by atoms with Gasteiger partial charge in [0.15, 0.2) is 0 Å². The quantitative estimate of drug-likeness (QED) is 0.380. The van der Waals surface area contributed by atoms with Crippen molar-refractivity contribution in [2.45, 2.75) is 13.0 Å². The topological polar surface area (TPSA) is 78.3 Å². The second kappa shape index (κ2) is 5.16. The molecule has 0 aliphatic rings. The van der Waals surface area contributed by atoms with Gasteiger partial charge in [-0.25, -0.2) is 4.79 Å². The fourth-order valence-corrected chi connectivity index (χ4v) is 0.107. The molecule has 0 fully saturated rings. The third-order valence-corrected chi connectivity index (χ3v) is 0.488. The van der Waals surface area contributed by atoms with Crippen molar-refractivity contribution in [1.29, 1.82) is 0 Å². The number of hydrogen-bond acceptors (Lipinski definition) is 4. The van der Waals surface area contributed by atoms with Crippen LogP contribution in [0, 0.1) is 0 Å². The Hall–Kier alpha value is 0.0134. The number of nitrogens with two attached hydrogens (primary N) is 2. The Balaban J connectivity index is 0. The fraction of sp³-hybridized carbons (Fsp3) is 0.667. The summed E-state index contributed by atoms with van der Waals surface area (Å²) in [7, 11) is 0. The van der Waals surface area contributed by atoms with Crippen LogP contribution < -0.4 is 11.6 Å². The average Bonchev–Trinajstić information content (AvgIpc) is 1.65. The molecule has 0 spiro atoms. The van der Waals surface area contributed by atoms with Gasteiger partial charge in [0.25, 0.3) is 0 Å². The van der Waals surface area contributed by atoms with E-state index < -0.39 is 12.0 Å². The second-order valence-electron chi connectivity index (χ2n) is 1.23. The number of carbonyl (C=O) groups excluding carboxylic acids is 1. The Bertz CT molecular complexity index is 75.7. The number of rotatable bonds is 1. The van der Waals surface area contributed by atoms with Crippen LogP contribution in [0.1, 0.15) is 6.92 Å².